The number of hydrogen-bond acceptors (Lipinski definition) is 4. The minimum absolute atomic E-state index is 0.108. The summed E-state index contributed by atoms with van der Waals surface area (Å²) < 4.78 is 18.4. The lowest BCUT2D eigenvalue weighted by atomic mass is 10.1. The molecule has 6 heteroatoms. The van der Waals surface area contributed by atoms with E-state index in [2.05, 4.69) is 15.1 Å². The molecule has 3 rings (SSSR count). The minimum atomic E-state index is -0.212. The van der Waals surface area contributed by atoms with E-state index < -0.39 is 0 Å². The first kappa shape index (κ1) is 17.2. The van der Waals surface area contributed by atoms with Gasteiger partial charge in [0, 0.05) is 51.1 Å². The third-order valence-electron chi connectivity index (χ3n) is 5.00. The van der Waals surface area contributed by atoms with Crippen LogP contribution in [0.1, 0.15) is 19.8 Å². The normalized spacial score (nSPS) is 21.5. The SMILES string of the molecule is C[C@@H](C(=O)NC1CCOCC1)N1CCN(c2ccc(F)cc2)CC1. The van der Waals surface area contributed by atoms with E-state index in [1.807, 2.05) is 19.1 Å². The maximum atomic E-state index is 13.0. The van der Waals surface area contributed by atoms with Crippen LogP contribution < -0.4 is 10.2 Å². The molecule has 2 fully saturated rings. The molecule has 0 saturated carbocycles. The molecule has 1 N–H and O–H groups in total. The Hall–Kier alpha value is -1.66. The summed E-state index contributed by atoms with van der Waals surface area (Å²) in [6.07, 6.45) is 1.80. The maximum Gasteiger partial charge on any atom is 0.237 e. The van der Waals surface area contributed by atoms with Gasteiger partial charge in [-0.1, -0.05) is 0 Å². The Kier molecular flexibility index (Phi) is 5.68. The van der Waals surface area contributed by atoms with Gasteiger partial charge in [0.15, 0.2) is 0 Å². The Morgan fingerprint density at radius 3 is 2.42 bits per heavy atom. The van der Waals surface area contributed by atoms with Crippen LogP contribution in [0.2, 0.25) is 0 Å². The van der Waals surface area contributed by atoms with Gasteiger partial charge in [-0.25, -0.2) is 4.39 Å². The van der Waals surface area contributed by atoms with Crippen LogP contribution >= 0.6 is 0 Å². The van der Waals surface area contributed by atoms with E-state index >= 15 is 0 Å². The summed E-state index contributed by atoms with van der Waals surface area (Å²) in [5.41, 5.74) is 1.04. The Balaban J connectivity index is 1.48. The summed E-state index contributed by atoms with van der Waals surface area (Å²) in [6, 6.07) is 6.73. The van der Waals surface area contributed by atoms with Crippen LogP contribution in [0.15, 0.2) is 24.3 Å². The number of benzene rings is 1. The van der Waals surface area contributed by atoms with Gasteiger partial charge >= 0.3 is 0 Å². The Morgan fingerprint density at radius 2 is 1.79 bits per heavy atom. The highest BCUT2D eigenvalue weighted by molar-refractivity contribution is 5.81. The van der Waals surface area contributed by atoms with Crippen LogP contribution in [0.25, 0.3) is 0 Å². The lowest BCUT2D eigenvalue weighted by Gasteiger charge is -2.39. The van der Waals surface area contributed by atoms with Crippen molar-refractivity contribution in [1.82, 2.24) is 10.2 Å². The standard InChI is InChI=1S/C18H26FN3O2/c1-14(18(23)20-16-6-12-24-13-7-16)21-8-10-22(11-9-21)17-4-2-15(19)3-5-17/h2-5,14,16H,6-13H2,1H3,(H,20,23)/t14-/m0/s1. The van der Waals surface area contributed by atoms with Gasteiger partial charge in [0.1, 0.15) is 5.82 Å². The topological polar surface area (TPSA) is 44.8 Å². The summed E-state index contributed by atoms with van der Waals surface area (Å²) >= 11 is 0. The van der Waals surface area contributed by atoms with Crippen LogP contribution in [0.5, 0.6) is 0 Å². The van der Waals surface area contributed by atoms with Crippen molar-refractivity contribution in [2.24, 2.45) is 0 Å². The van der Waals surface area contributed by atoms with Gasteiger partial charge < -0.3 is 15.0 Å². The monoisotopic (exact) mass is 335 g/mol. The van der Waals surface area contributed by atoms with Gasteiger partial charge in [-0.05, 0) is 44.0 Å². The van der Waals surface area contributed by atoms with E-state index in [0.717, 1.165) is 57.9 Å². The molecule has 2 saturated heterocycles. The van der Waals surface area contributed by atoms with Crippen LogP contribution in [0, 0.1) is 5.82 Å². The summed E-state index contributed by atoms with van der Waals surface area (Å²) in [4.78, 5) is 16.9. The van der Waals surface area contributed by atoms with Gasteiger partial charge in [-0.2, -0.15) is 0 Å². The molecule has 0 unspecified atom stereocenters. The average Bonchev–Trinajstić information content (AvgIpc) is 2.63. The van der Waals surface area contributed by atoms with E-state index in [4.69, 9.17) is 4.74 Å². The van der Waals surface area contributed by atoms with Gasteiger partial charge in [-0.3, -0.25) is 9.69 Å². The van der Waals surface area contributed by atoms with Gasteiger partial charge in [0.05, 0.1) is 6.04 Å². The molecule has 24 heavy (non-hydrogen) atoms. The molecule has 0 bridgehead atoms. The largest absolute Gasteiger partial charge is 0.381 e. The third-order valence-corrected chi connectivity index (χ3v) is 5.00. The Morgan fingerprint density at radius 1 is 1.17 bits per heavy atom. The molecule has 1 amide bonds. The molecular formula is C18H26FN3O2. The van der Waals surface area contributed by atoms with Crippen molar-refractivity contribution < 1.29 is 13.9 Å². The highest BCUT2D eigenvalue weighted by atomic mass is 19.1. The molecule has 132 valence electrons. The summed E-state index contributed by atoms with van der Waals surface area (Å²) in [6.45, 7) is 6.80. The predicted molar refractivity (Wildman–Crippen MR) is 91.6 cm³/mol. The Labute approximate surface area is 142 Å². The molecule has 0 aromatic heterocycles. The number of carbonyl (C=O) groups is 1. The molecule has 0 radical (unpaired) electrons. The first-order valence-electron chi connectivity index (χ1n) is 8.76. The van der Waals surface area contributed by atoms with E-state index in [1.165, 1.54) is 12.1 Å². The molecule has 5 nitrogen and oxygen atoms in total. The number of halogens is 1. The fourth-order valence-corrected chi connectivity index (χ4v) is 3.35. The molecule has 2 heterocycles. The van der Waals surface area contributed by atoms with Crippen molar-refractivity contribution in [1.29, 1.82) is 0 Å². The quantitative estimate of drug-likeness (QED) is 0.908. The minimum Gasteiger partial charge on any atom is -0.381 e. The summed E-state index contributed by atoms with van der Waals surface area (Å²) in [5.74, 6) is -0.104. The lowest BCUT2D eigenvalue weighted by molar-refractivity contribution is -0.127. The maximum absolute atomic E-state index is 13.0. The number of anilines is 1. The highest BCUT2D eigenvalue weighted by Crippen LogP contribution is 2.18. The zero-order valence-electron chi connectivity index (χ0n) is 14.2. The fourth-order valence-electron chi connectivity index (χ4n) is 3.35. The molecule has 1 atom stereocenters. The van der Waals surface area contributed by atoms with E-state index in [0.29, 0.717) is 0 Å². The van der Waals surface area contributed by atoms with Crippen molar-refractivity contribution in [3.63, 3.8) is 0 Å². The second kappa shape index (κ2) is 7.94. The fraction of sp³-hybridized carbons (Fsp3) is 0.611. The van der Waals surface area contributed by atoms with Gasteiger partial charge in [0.25, 0.3) is 0 Å². The van der Waals surface area contributed by atoms with E-state index in [-0.39, 0.29) is 23.8 Å². The number of nitrogens with one attached hydrogen (secondary N) is 1. The molecule has 2 aliphatic rings. The van der Waals surface area contributed by atoms with Crippen LogP contribution in [0.3, 0.4) is 0 Å². The lowest BCUT2D eigenvalue weighted by Crippen LogP contribution is -2.55. The van der Waals surface area contributed by atoms with Gasteiger partial charge in [0.2, 0.25) is 5.91 Å². The first-order valence-corrected chi connectivity index (χ1v) is 8.76. The first-order chi connectivity index (χ1) is 11.6. The van der Waals surface area contributed by atoms with E-state index in [9.17, 15) is 9.18 Å². The number of ether oxygens (including phenoxy) is 1. The van der Waals surface area contributed by atoms with Crippen molar-refractivity contribution in [3.05, 3.63) is 30.1 Å². The number of piperazine rings is 1. The third kappa shape index (κ3) is 4.24. The molecule has 2 aliphatic heterocycles. The predicted octanol–water partition coefficient (Wildman–Crippen LogP) is 1.63. The average molecular weight is 335 g/mol. The number of rotatable bonds is 4. The van der Waals surface area contributed by atoms with Crippen LogP contribution in [-0.4, -0.2) is 62.3 Å². The van der Waals surface area contributed by atoms with Gasteiger partial charge in [-0.15, -0.1) is 0 Å². The van der Waals surface area contributed by atoms with E-state index in [1.54, 1.807) is 0 Å². The Bertz CT molecular complexity index is 538. The zero-order valence-corrected chi connectivity index (χ0v) is 14.2. The van der Waals surface area contributed by atoms with Crippen LogP contribution in [-0.2, 0) is 9.53 Å². The number of carbonyl (C=O) groups excluding carboxylic acids is 1. The number of nitrogens with zero attached hydrogens (tertiary/aromatic N) is 2. The zero-order chi connectivity index (χ0) is 16.9. The number of amides is 1. The van der Waals surface area contributed by atoms with Crippen molar-refractivity contribution in [3.8, 4) is 0 Å². The smallest absolute Gasteiger partial charge is 0.237 e. The second-order valence-electron chi connectivity index (χ2n) is 6.57. The summed E-state index contributed by atoms with van der Waals surface area (Å²) in [5, 5.41) is 3.15. The highest BCUT2D eigenvalue weighted by Gasteiger charge is 2.27. The molecule has 0 spiro atoms. The summed E-state index contributed by atoms with van der Waals surface area (Å²) in [7, 11) is 0. The second-order valence-corrected chi connectivity index (χ2v) is 6.57. The molecule has 0 aliphatic carbocycles. The van der Waals surface area contributed by atoms with Crippen molar-refractivity contribution in [2.45, 2.75) is 31.8 Å². The van der Waals surface area contributed by atoms with Crippen molar-refractivity contribution >= 4 is 11.6 Å². The number of hydrogen-bond donors (Lipinski definition) is 1. The molecule has 1 aromatic rings. The molecule has 1 aromatic carbocycles. The molecular weight excluding hydrogens is 309 g/mol. The van der Waals surface area contributed by atoms with Crippen molar-refractivity contribution in [2.75, 3.05) is 44.3 Å². The van der Waals surface area contributed by atoms with Crippen LogP contribution in [0.4, 0.5) is 10.1 Å².